The van der Waals surface area contributed by atoms with E-state index < -0.39 is 0 Å². The third-order valence-electron chi connectivity index (χ3n) is 3.45. The van der Waals surface area contributed by atoms with Gasteiger partial charge in [0.05, 0.1) is 12.5 Å². The van der Waals surface area contributed by atoms with Gasteiger partial charge < -0.3 is 9.64 Å². The number of piperidine rings is 1. The highest BCUT2D eigenvalue weighted by Crippen LogP contribution is 2.35. The number of carbonyl (C=O) groups is 1. The second-order valence-electron chi connectivity index (χ2n) is 4.79. The molecule has 1 aliphatic heterocycles. The van der Waals surface area contributed by atoms with Crippen LogP contribution in [0.25, 0.3) is 0 Å². The monoisotopic (exact) mass is 199 g/mol. The highest BCUT2D eigenvalue weighted by molar-refractivity contribution is 5.76. The number of rotatable bonds is 2. The topological polar surface area (TPSA) is 29.5 Å². The maximum atomic E-state index is 11.6. The van der Waals surface area contributed by atoms with Gasteiger partial charge in [-0.1, -0.05) is 0 Å². The third-order valence-corrected chi connectivity index (χ3v) is 3.45. The molecule has 0 radical (unpaired) electrons. The maximum Gasteiger partial charge on any atom is 0.311 e. The molecule has 0 aromatic rings. The Morgan fingerprint density at radius 2 is 1.86 bits per heavy atom. The highest BCUT2D eigenvalue weighted by Gasteiger charge is 2.38. The van der Waals surface area contributed by atoms with Crippen molar-refractivity contribution in [1.29, 1.82) is 0 Å². The van der Waals surface area contributed by atoms with Crippen molar-refractivity contribution in [2.24, 2.45) is 11.3 Å². The Bertz CT molecular complexity index is 205. The summed E-state index contributed by atoms with van der Waals surface area (Å²) in [5.41, 5.74) is -0.323. The van der Waals surface area contributed by atoms with Crippen LogP contribution in [-0.4, -0.2) is 38.1 Å². The molecule has 1 aliphatic rings. The smallest absolute Gasteiger partial charge is 0.311 e. The van der Waals surface area contributed by atoms with Crippen LogP contribution in [0.15, 0.2) is 0 Å². The zero-order chi connectivity index (χ0) is 10.8. The van der Waals surface area contributed by atoms with E-state index in [9.17, 15) is 4.79 Å². The number of carbonyl (C=O) groups excluding carboxylic acids is 1. The summed E-state index contributed by atoms with van der Waals surface area (Å²) in [6, 6.07) is 0. The summed E-state index contributed by atoms with van der Waals surface area (Å²) >= 11 is 0. The van der Waals surface area contributed by atoms with Gasteiger partial charge in [0.1, 0.15) is 0 Å². The molecule has 0 spiro atoms. The van der Waals surface area contributed by atoms with Crippen LogP contribution >= 0.6 is 0 Å². The Labute approximate surface area is 86.4 Å². The van der Waals surface area contributed by atoms with Gasteiger partial charge in [0.2, 0.25) is 0 Å². The first-order valence-electron chi connectivity index (χ1n) is 5.25. The molecule has 0 aromatic carbocycles. The van der Waals surface area contributed by atoms with Crippen molar-refractivity contribution in [1.82, 2.24) is 4.90 Å². The quantitative estimate of drug-likeness (QED) is 0.632. The Kier molecular flexibility index (Phi) is 3.53. The number of hydrogen-bond acceptors (Lipinski definition) is 3. The largest absolute Gasteiger partial charge is 0.469 e. The Morgan fingerprint density at radius 1 is 1.36 bits per heavy atom. The first-order chi connectivity index (χ1) is 6.48. The fraction of sp³-hybridized carbons (Fsp3) is 0.909. The van der Waals surface area contributed by atoms with E-state index in [1.807, 2.05) is 13.8 Å². The summed E-state index contributed by atoms with van der Waals surface area (Å²) in [5.74, 6) is 0.387. The molecule has 0 amide bonds. The number of likely N-dealkylation sites (tertiary alicyclic amines) is 1. The van der Waals surface area contributed by atoms with Crippen LogP contribution in [0.5, 0.6) is 0 Å². The second-order valence-corrected chi connectivity index (χ2v) is 4.79. The summed E-state index contributed by atoms with van der Waals surface area (Å²) in [5, 5.41) is 0. The summed E-state index contributed by atoms with van der Waals surface area (Å²) in [4.78, 5) is 13.9. The average Bonchev–Trinajstić information content (AvgIpc) is 2.17. The predicted octanol–water partition coefficient (Wildman–Crippen LogP) is 1.53. The Morgan fingerprint density at radius 3 is 2.29 bits per heavy atom. The van der Waals surface area contributed by atoms with E-state index >= 15 is 0 Å². The van der Waals surface area contributed by atoms with E-state index in [1.165, 1.54) is 7.11 Å². The minimum absolute atomic E-state index is 0.0768. The van der Waals surface area contributed by atoms with Gasteiger partial charge in [-0.3, -0.25) is 4.79 Å². The fourth-order valence-electron chi connectivity index (χ4n) is 2.16. The molecule has 82 valence electrons. The van der Waals surface area contributed by atoms with Gasteiger partial charge in [0.15, 0.2) is 0 Å². The van der Waals surface area contributed by atoms with Crippen molar-refractivity contribution in [3.05, 3.63) is 0 Å². The van der Waals surface area contributed by atoms with Gasteiger partial charge in [0, 0.05) is 0 Å². The molecule has 0 bridgehead atoms. The summed E-state index contributed by atoms with van der Waals surface area (Å²) in [7, 11) is 3.60. The van der Waals surface area contributed by atoms with Crippen LogP contribution in [0, 0.1) is 11.3 Å². The lowest BCUT2D eigenvalue weighted by atomic mass is 9.74. The van der Waals surface area contributed by atoms with Gasteiger partial charge in [-0.05, 0) is 52.7 Å². The molecule has 1 heterocycles. The molecule has 1 rings (SSSR count). The Hall–Kier alpha value is -0.570. The molecule has 0 aliphatic carbocycles. The summed E-state index contributed by atoms with van der Waals surface area (Å²) < 4.78 is 4.84. The van der Waals surface area contributed by atoms with Crippen molar-refractivity contribution < 1.29 is 9.53 Å². The second kappa shape index (κ2) is 4.30. The predicted molar refractivity (Wildman–Crippen MR) is 56.0 cm³/mol. The average molecular weight is 199 g/mol. The molecular formula is C11H21NO2. The molecular weight excluding hydrogens is 178 g/mol. The van der Waals surface area contributed by atoms with Crippen LogP contribution < -0.4 is 0 Å². The van der Waals surface area contributed by atoms with E-state index in [4.69, 9.17) is 4.74 Å². The molecule has 1 saturated heterocycles. The van der Waals surface area contributed by atoms with Crippen LogP contribution in [-0.2, 0) is 9.53 Å². The molecule has 3 nitrogen and oxygen atoms in total. The van der Waals surface area contributed by atoms with Crippen molar-refractivity contribution in [2.75, 3.05) is 27.2 Å². The number of hydrogen-bond donors (Lipinski definition) is 0. The molecule has 0 atom stereocenters. The van der Waals surface area contributed by atoms with E-state index in [-0.39, 0.29) is 11.4 Å². The lowest BCUT2D eigenvalue weighted by Gasteiger charge is -2.37. The van der Waals surface area contributed by atoms with E-state index in [2.05, 4.69) is 11.9 Å². The van der Waals surface area contributed by atoms with E-state index in [1.54, 1.807) is 0 Å². The van der Waals surface area contributed by atoms with Crippen LogP contribution in [0.3, 0.4) is 0 Å². The maximum absolute atomic E-state index is 11.6. The van der Waals surface area contributed by atoms with Gasteiger partial charge in [-0.2, -0.15) is 0 Å². The normalized spacial score (nSPS) is 20.9. The zero-order valence-electron chi connectivity index (χ0n) is 9.67. The summed E-state index contributed by atoms with van der Waals surface area (Å²) in [6.07, 6.45) is 2.19. The van der Waals surface area contributed by atoms with Crippen molar-refractivity contribution in [3.8, 4) is 0 Å². The third kappa shape index (κ3) is 2.27. The zero-order valence-corrected chi connectivity index (χ0v) is 9.67. The van der Waals surface area contributed by atoms with Crippen LogP contribution in [0.4, 0.5) is 0 Å². The first kappa shape index (κ1) is 11.5. The standard InChI is InChI=1S/C11H21NO2/c1-11(2,10(13)14-4)9-5-7-12(3)8-6-9/h9H,5-8H2,1-4H3. The lowest BCUT2D eigenvalue weighted by Crippen LogP contribution is -2.41. The lowest BCUT2D eigenvalue weighted by molar-refractivity contribution is -0.155. The van der Waals surface area contributed by atoms with E-state index in [0.717, 1.165) is 25.9 Å². The van der Waals surface area contributed by atoms with Crippen molar-refractivity contribution in [3.63, 3.8) is 0 Å². The van der Waals surface area contributed by atoms with E-state index in [0.29, 0.717) is 5.92 Å². The van der Waals surface area contributed by atoms with Gasteiger partial charge in [-0.15, -0.1) is 0 Å². The molecule has 0 saturated carbocycles. The van der Waals surface area contributed by atoms with Crippen LogP contribution in [0.1, 0.15) is 26.7 Å². The number of methoxy groups -OCH3 is 1. The highest BCUT2D eigenvalue weighted by atomic mass is 16.5. The molecule has 0 N–H and O–H groups in total. The van der Waals surface area contributed by atoms with Crippen molar-refractivity contribution >= 4 is 5.97 Å². The molecule has 0 unspecified atom stereocenters. The van der Waals surface area contributed by atoms with Gasteiger partial charge in [-0.25, -0.2) is 0 Å². The molecule has 1 fully saturated rings. The molecule has 14 heavy (non-hydrogen) atoms. The fourth-order valence-corrected chi connectivity index (χ4v) is 2.16. The van der Waals surface area contributed by atoms with Gasteiger partial charge in [0.25, 0.3) is 0 Å². The first-order valence-corrected chi connectivity index (χ1v) is 5.25. The molecule has 3 heteroatoms. The van der Waals surface area contributed by atoms with Gasteiger partial charge >= 0.3 is 5.97 Å². The minimum atomic E-state index is -0.323. The SMILES string of the molecule is COC(=O)C(C)(C)C1CCN(C)CC1. The number of ether oxygens (including phenoxy) is 1. The molecule has 0 aromatic heterocycles. The Balaban J connectivity index is 2.59. The minimum Gasteiger partial charge on any atom is -0.469 e. The van der Waals surface area contributed by atoms with Crippen molar-refractivity contribution in [2.45, 2.75) is 26.7 Å². The van der Waals surface area contributed by atoms with Crippen LogP contribution in [0.2, 0.25) is 0 Å². The number of nitrogens with zero attached hydrogens (tertiary/aromatic N) is 1. The summed E-state index contributed by atoms with van der Waals surface area (Å²) in [6.45, 7) is 6.17. The number of esters is 1.